The molecule has 0 aliphatic carbocycles. The zero-order valence-electron chi connectivity index (χ0n) is 13.1. The number of hydrogen-bond donors (Lipinski definition) is 2. The third-order valence-corrected chi connectivity index (χ3v) is 4.25. The van der Waals surface area contributed by atoms with Gasteiger partial charge in [0.15, 0.2) is 0 Å². The molecule has 0 aliphatic rings. The lowest BCUT2D eigenvalue weighted by Gasteiger charge is -2.06. The molecule has 0 atom stereocenters. The van der Waals surface area contributed by atoms with Crippen LogP contribution in [0.1, 0.15) is 0 Å². The molecule has 0 saturated heterocycles. The Bertz CT molecular complexity index is 1010. The van der Waals surface area contributed by atoms with E-state index in [1.807, 2.05) is 42.5 Å². The molecule has 25 heavy (non-hydrogen) atoms. The van der Waals surface area contributed by atoms with Gasteiger partial charge in [0.05, 0.1) is 16.4 Å². The number of aromatic nitrogens is 3. The minimum absolute atomic E-state index is 0.149. The highest BCUT2D eigenvalue weighted by molar-refractivity contribution is 6.33. The van der Waals surface area contributed by atoms with Gasteiger partial charge in [0.2, 0.25) is 0 Å². The van der Waals surface area contributed by atoms with Gasteiger partial charge in [-0.15, -0.1) is 0 Å². The summed E-state index contributed by atoms with van der Waals surface area (Å²) >= 11 is 6.37. The van der Waals surface area contributed by atoms with Crippen LogP contribution in [0.25, 0.3) is 33.9 Å². The van der Waals surface area contributed by atoms with Gasteiger partial charge >= 0.3 is 0 Å². The van der Waals surface area contributed by atoms with Gasteiger partial charge in [-0.1, -0.05) is 41.9 Å². The van der Waals surface area contributed by atoms with Crippen LogP contribution in [-0.2, 0) is 0 Å². The molecule has 4 nitrogen and oxygen atoms in total. The molecule has 122 valence electrons. The molecule has 5 heteroatoms. The van der Waals surface area contributed by atoms with Crippen LogP contribution >= 0.6 is 11.6 Å². The molecule has 0 radical (unpaired) electrons. The third kappa shape index (κ3) is 2.99. The molecule has 0 spiro atoms. The minimum Gasteiger partial charge on any atom is -0.508 e. The molecule has 2 aromatic carbocycles. The van der Waals surface area contributed by atoms with Crippen LogP contribution in [0.2, 0.25) is 5.02 Å². The quantitative estimate of drug-likeness (QED) is 0.537. The Labute approximate surface area is 149 Å². The van der Waals surface area contributed by atoms with Gasteiger partial charge in [-0.3, -0.25) is 4.98 Å². The lowest BCUT2D eigenvalue weighted by atomic mass is 10.1. The van der Waals surface area contributed by atoms with Gasteiger partial charge in [0.25, 0.3) is 0 Å². The number of imidazole rings is 1. The Kier molecular flexibility index (Phi) is 3.96. The summed E-state index contributed by atoms with van der Waals surface area (Å²) in [6.45, 7) is 0. The first-order valence-corrected chi connectivity index (χ1v) is 8.15. The van der Waals surface area contributed by atoms with Crippen molar-refractivity contribution >= 4 is 11.6 Å². The maximum atomic E-state index is 9.88. The second-order valence-corrected chi connectivity index (χ2v) is 5.98. The van der Waals surface area contributed by atoms with E-state index in [2.05, 4.69) is 9.97 Å². The molecule has 4 aromatic rings. The van der Waals surface area contributed by atoms with Crippen molar-refractivity contribution in [2.24, 2.45) is 0 Å². The van der Waals surface area contributed by atoms with Gasteiger partial charge in [0, 0.05) is 29.1 Å². The van der Waals surface area contributed by atoms with Crippen LogP contribution in [0, 0.1) is 0 Å². The van der Waals surface area contributed by atoms with Gasteiger partial charge < -0.3 is 10.1 Å². The van der Waals surface area contributed by atoms with Crippen molar-refractivity contribution in [3.63, 3.8) is 0 Å². The molecule has 0 saturated carbocycles. The van der Waals surface area contributed by atoms with E-state index >= 15 is 0 Å². The van der Waals surface area contributed by atoms with Crippen molar-refractivity contribution in [1.29, 1.82) is 0 Å². The van der Waals surface area contributed by atoms with Crippen LogP contribution in [0.4, 0.5) is 0 Å². The van der Waals surface area contributed by atoms with Crippen molar-refractivity contribution in [3.05, 3.63) is 78.1 Å². The van der Waals surface area contributed by atoms with Gasteiger partial charge in [-0.25, -0.2) is 4.98 Å². The van der Waals surface area contributed by atoms with E-state index < -0.39 is 0 Å². The fourth-order valence-corrected chi connectivity index (χ4v) is 2.94. The predicted molar refractivity (Wildman–Crippen MR) is 99.4 cm³/mol. The lowest BCUT2D eigenvalue weighted by molar-refractivity contribution is 0.475. The summed E-state index contributed by atoms with van der Waals surface area (Å²) in [5, 5.41) is 10.4. The number of benzene rings is 2. The number of H-pyrrole nitrogens is 1. The van der Waals surface area contributed by atoms with Crippen molar-refractivity contribution in [2.75, 3.05) is 0 Å². The smallest absolute Gasteiger partial charge is 0.138 e. The standard InChI is InChI=1S/C20H14ClN3O/c21-17-7-6-15(25)12-16(17)19-18(13-8-10-22-11-9-13)23-20(24-19)14-4-2-1-3-5-14/h1-12,25H,(H,23,24). The molecule has 0 bridgehead atoms. The van der Waals surface area contributed by atoms with Crippen molar-refractivity contribution in [1.82, 2.24) is 15.0 Å². The van der Waals surface area contributed by atoms with E-state index in [1.54, 1.807) is 30.6 Å². The zero-order chi connectivity index (χ0) is 17.2. The Morgan fingerprint density at radius 3 is 2.40 bits per heavy atom. The first-order chi connectivity index (χ1) is 12.2. The third-order valence-electron chi connectivity index (χ3n) is 3.92. The average Bonchev–Trinajstić information content (AvgIpc) is 3.10. The van der Waals surface area contributed by atoms with Gasteiger partial charge in [0.1, 0.15) is 11.6 Å². The molecule has 4 rings (SSSR count). The predicted octanol–water partition coefficient (Wildman–Crippen LogP) is 5.16. The molecule has 2 heterocycles. The normalized spacial score (nSPS) is 10.8. The number of nitrogens with one attached hydrogen (secondary N) is 1. The number of nitrogens with zero attached hydrogens (tertiary/aromatic N) is 2. The first kappa shape index (κ1) is 15.4. The van der Waals surface area contributed by atoms with Gasteiger partial charge in [-0.2, -0.15) is 0 Å². The van der Waals surface area contributed by atoms with E-state index in [0.29, 0.717) is 10.6 Å². The molecule has 0 aliphatic heterocycles. The van der Waals surface area contributed by atoms with E-state index in [1.165, 1.54) is 0 Å². The SMILES string of the molecule is Oc1ccc(Cl)c(-c2[nH]c(-c3ccccc3)nc2-c2ccncc2)c1. The summed E-state index contributed by atoms with van der Waals surface area (Å²) in [7, 11) is 0. The second-order valence-electron chi connectivity index (χ2n) is 5.58. The number of rotatable bonds is 3. The van der Waals surface area contributed by atoms with Crippen molar-refractivity contribution < 1.29 is 5.11 Å². The number of phenols is 1. The Balaban J connectivity index is 1.96. The van der Waals surface area contributed by atoms with Gasteiger partial charge in [-0.05, 0) is 30.3 Å². The van der Waals surface area contributed by atoms with Crippen LogP contribution in [-0.4, -0.2) is 20.1 Å². The molecule has 2 N–H and O–H groups in total. The maximum absolute atomic E-state index is 9.88. The van der Waals surface area contributed by atoms with E-state index in [4.69, 9.17) is 16.6 Å². The molecule has 0 amide bonds. The van der Waals surface area contributed by atoms with Crippen LogP contribution in [0.3, 0.4) is 0 Å². The zero-order valence-corrected chi connectivity index (χ0v) is 13.9. The number of aromatic hydroxyl groups is 1. The minimum atomic E-state index is 0.149. The molecule has 0 fully saturated rings. The second kappa shape index (κ2) is 6.42. The van der Waals surface area contributed by atoms with Crippen molar-refractivity contribution in [3.8, 4) is 39.7 Å². The Morgan fingerprint density at radius 2 is 1.64 bits per heavy atom. The number of aromatic amines is 1. The van der Waals surface area contributed by atoms with Crippen LogP contribution < -0.4 is 0 Å². The van der Waals surface area contributed by atoms with E-state index in [-0.39, 0.29) is 5.75 Å². The lowest BCUT2D eigenvalue weighted by Crippen LogP contribution is -1.85. The summed E-state index contributed by atoms with van der Waals surface area (Å²) in [5.74, 6) is 0.887. The summed E-state index contributed by atoms with van der Waals surface area (Å²) in [4.78, 5) is 12.2. The fourth-order valence-electron chi connectivity index (χ4n) is 2.72. The Morgan fingerprint density at radius 1 is 0.880 bits per heavy atom. The summed E-state index contributed by atoms with van der Waals surface area (Å²) in [5.41, 5.74) is 4.10. The Hall–Kier alpha value is -3.11. The topological polar surface area (TPSA) is 61.8 Å². The average molecular weight is 348 g/mol. The number of pyridine rings is 1. The molecular formula is C20H14ClN3O. The number of hydrogen-bond acceptors (Lipinski definition) is 3. The maximum Gasteiger partial charge on any atom is 0.138 e. The van der Waals surface area contributed by atoms with Crippen LogP contribution in [0.15, 0.2) is 73.1 Å². The monoisotopic (exact) mass is 347 g/mol. The highest BCUT2D eigenvalue weighted by Crippen LogP contribution is 2.37. The highest BCUT2D eigenvalue weighted by atomic mass is 35.5. The first-order valence-electron chi connectivity index (χ1n) is 7.77. The van der Waals surface area contributed by atoms with Crippen LogP contribution in [0.5, 0.6) is 5.75 Å². The number of halogens is 1. The highest BCUT2D eigenvalue weighted by Gasteiger charge is 2.17. The fraction of sp³-hybridized carbons (Fsp3) is 0. The molecule has 0 unspecified atom stereocenters. The molecule has 2 aromatic heterocycles. The van der Waals surface area contributed by atoms with Crippen molar-refractivity contribution in [2.45, 2.75) is 0 Å². The van der Waals surface area contributed by atoms with E-state index in [9.17, 15) is 5.11 Å². The largest absolute Gasteiger partial charge is 0.508 e. The number of phenolic OH excluding ortho intramolecular Hbond substituents is 1. The molecular weight excluding hydrogens is 334 g/mol. The summed E-state index contributed by atoms with van der Waals surface area (Å²) in [6, 6.07) is 18.5. The summed E-state index contributed by atoms with van der Waals surface area (Å²) in [6.07, 6.45) is 3.44. The van der Waals surface area contributed by atoms with E-state index in [0.717, 1.165) is 28.3 Å². The summed E-state index contributed by atoms with van der Waals surface area (Å²) < 4.78 is 0.